The Morgan fingerprint density at radius 3 is 1.36 bits per heavy atom. The SMILES string of the molecule is [C-]#[N+]/C(C#N)=C\c1ccc(-c2sc3c(-c4ccc(CC)s4)c(-c4ccc(/C=C(\C#N)[N+]#[C-])s4)sc3c2-c2ccc(CC)s2)s1. The van der Waals surface area contributed by atoms with Gasteiger partial charge in [0.1, 0.15) is 0 Å². The standard InChI is InChI=1S/C34H20N4S6/c1-5-21-7-11-25(39-21)29-31(27-13-9-23(41-27)15-19(17-35)37-3)43-34-30(26-12-8-22(6-2)40-26)32(44-33(29)34)28-14-10-24(42-28)16-20(18-36)38-4/h7-16H,5-6H2,1-2H3/b19-15-,20-16+. The van der Waals surface area contributed by atoms with Gasteiger partial charge in [0.15, 0.2) is 0 Å². The molecular formula is C34H20N4S6. The van der Waals surface area contributed by atoms with Crippen molar-refractivity contribution in [2.75, 3.05) is 0 Å². The Morgan fingerprint density at radius 2 is 1.02 bits per heavy atom. The Labute approximate surface area is 279 Å². The third-order valence-corrected chi connectivity index (χ3v) is 14.2. The summed E-state index contributed by atoms with van der Waals surface area (Å²) in [6, 6.07) is 21.0. The van der Waals surface area contributed by atoms with Crippen LogP contribution in [0.1, 0.15) is 33.4 Å². The summed E-state index contributed by atoms with van der Waals surface area (Å²) >= 11 is 10.5. The van der Waals surface area contributed by atoms with Crippen LogP contribution in [0.15, 0.2) is 59.9 Å². The minimum absolute atomic E-state index is 0.0800. The van der Waals surface area contributed by atoms with E-state index >= 15 is 0 Å². The molecule has 44 heavy (non-hydrogen) atoms. The highest BCUT2D eigenvalue weighted by Gasteiger charge is 2.27. The van der Waals surface area contributed by atoms with Crippen molar-refractivity contribution < 1.29 is 0 Å². The van der Waals surface area contributed by atoms with Crippen molar-refractivity contribution in [3.63, 3.8) is 0 Å². The molecule has 6 heterocycles. The molecule has 6 rings (SSSR count). The van der Waals surface area contributed by atoms with Crippen molar-refractivity contribution in [2.24, 2.45) is 0 Å². The van der Waals surface area contributed by atoms with Crippen LogP contribution in [-0.2, 0) is 12.8 Å². The van der Waals surface area contributed by atoms with Crippen molar-refractivity contribution >= 4 is 89.6 Å². The van der Waals surface area contributed by atoms with Crippen molar-refractivity contribution in [3.05, 3.63) is 102 Å². The topological polar surface area (TPSA) is 56.3 Å². The van der Waals surface area contributed by atoms with Crippen molar-refractivity contribution in [3.8, 4) is 52.5 Å². The lowest BCUT2D eigenvalue weighted by Gasteiger charge is -2.02. The number of hydrogen-bond acceptors (Lipinski definition) is 8. The number of nitrogens with zero attached hydrogens (tertiary/aromatic N) is 4. The molecule has 0 radical (unpaired) electrons. The van der Waals surface area contributed by atoms with Crippen LogP contribution in [0.3, 0.4) is 0 Å². The Kier molecular flexibility index (Phi) is 8.76. The Balaban J connectivity index is 1.61. The van der Waals surface area contributed by atoms with E-state index in [9.17, 15) is 10.5 Å². The van der Waals surface area contributed by atoms with E-state index in [1.54, 1.807) is 34.8 Å². The Morgan fingerprint density at radius 1 is 0.614 bits per heavy atom. The average molecular weight is 677 g/mol. The van der Waals surface area contributed by atoms with E-state index in [0.29, 0.717) is 0 Å². The van der Waals surface area contributed by atoms with Crippen molar-refractivity contribution in [2.45, 2.75) is 26.7 Å². The number of nitriles is 2. The summed E-state index contributed by atoms with van der Waals surface area (Å²) in [6.45, 7) is 18.9. The second-order valence-corrected chi connectivity index (χ2v) is 16.0. The first kappa shape index (κ1) is 29.9. The summed E-state index contributed by atoms with van der Waals surface area (Å²) in [5.41, 5.74) is 2.63. The van der Waals surface area contributed by atoms with Gasteiger partial charge < -0.3 is 0 Å². The number of aryl methyl sites for hydroxylation is 2. The maximum Gasteiger partial charge on any atom is 0.263 e. The third kappa shape index (κ3) is 5.61. The van der Waals surface area contributed by atoms with E-state index < -0.39 is 0 Å². The van der Waals surface area contributed by atoms with Crippen LogP contribution in [0.4, 0.5) is 0 Å². The molecule has 6 aromatic rings. The summed E-state index contributed by atoms with van der Waals surface area (Å²) in [4.78, 5) is 18.2. The third-order valence-electron chi connectivity index (χ3n) is 6.76. The molecule has 212 valence electrons. The molecule has 0 fully saturated rings. The minimum Gasteiger partial charge on any atom is -0.227 e. The van der Waals surface area contributed by atoms with E-state index in [-0.39, 0.29) is 11.4 Å². The molecule has 0 saturated heterocycles. The molecule has 0 spiro atoms. The second kappa shape index (κ2) is 12.9. The van der Waals surface area contributed by atoms with Gasteiger partial charge in [-0.1, -0.05) is 13.8 Å². The van der Waals surface area contributed by atoms with Crippen molar-refractivity contribution in [1.29, 1.82) is 10.5 Å². The van der Waals surface area contributed by atoms with Crippen LogP contribution in [0.25, 0.3) is 71.6 Å². The summed E-state index contributed by atoms with van der Waals surface area (Å²) in [5.74, 6) is 0. The maximum atomic E-state index is 9.29. The predicted molar refractivity (Wildman–Crippen MR) is 192 cm³/mol. The first-order chi connectivity index (χ1) is 21.5. The average Bonchev–Trinajstić information content (AvgIpc) is 3.88. The molecule has 0 atom stereocenters. The lowest BCUT2D eigenvalue weighted by Crippen LogP contribution is -1.72. The van der Waals surface area contributed by atoms with Gasteiger partial charge in [-0.15, -0.1) is 68.0 Å². The highest BCUT2D eigenvalue weighted by atomic mass is 32.1. The first-order valence-corrected chi connectivity index (χ1v) is 18.4. The molecule has 0 aliphatic heterocycles. The summed E-state index contributed by atoms with van der Waals surface area (Å²) in [7, 11) is 0. The molecule has 0 amide bonds. The molecule has 4 nitrogen and oxygen atoms in total. The molecule has 10 heteroatoms. The fraction of sp³-hybridized carbons (Fsp3) is 0.118. The second-order valence-electron chi connectivity index (χ2n) is 9.42. The van der Waals surface area contributed by atoms with Crippen LogP contribution >= 0.6 is 68.0 Å². The minimum atomic E-state index is 0.0800. The number of allylic oxidation sites excluding steroid dienone is 2. The zero-order valence-corrected chi connectivity index (χ0v) is 28.3. The van der Waals surface area contributed by atoms with Crippen LogP contribution in [0.5, 0.6) is 0 Å². The highest BCUT2D eigenvalue weighted by molar-refractivity contribution is 7.36. The maximum absolute atomic E-state index is 9.29. The molecule has 0 saturated carbocycles. The fourth-order valence-electron chi connectivity index (χ4n) is 4.69. The summed E-state index contributed by atoms with van der Waals surface area (Å²) < 4.78 is 2.50. The predicted octanol–water partition coefficient (Wildman–Crippen LogP) is 12.6. The quantitative estimate of drug-likeness (QED) is 0.119. The van der Waals surface area contributed by atoms with Gasteiger partial charge in [0.25, 0.3) is 11.4 Å². The normalized spacial score (nSPS) is 11.8. The molecule has 6 aromatic heterocycles. The summed E-state index contributed by atoms with van der Waals surface area (Å²) in [5, 5.41) is 18.6. The zero-order valence-electron chi connectivity index (χ0n) is 23.4. The lowest BCUT2D eigenvalue weighted by atomic mass is 10.1. The van der Waals surface area contributed by atoms with E-state index in [0.717, 1.165) is 32.4 Å². The van der Waals surface area contributed by atoms with Gasteiger partial charge >= 0.3 is 0 Å². The van der Waals surface area contributed by atoms with Crippen LogP contribution in [0.2, 0.25) is 0 Å². The molecular weight excluding hydrogens is 657 g/mol. The Hall–Kier alpha value is -4.10. The molecule has 0 aliphatic rings. The summed E-state index contributed by atoms with van der Waals surface area (Å²) in [6.07, 6.45) is 5.28. The molecule has 0 aliphatic carbocycles. The number of thiophene rings is 6. The lowest BCUT2D eigenvalue weighted by molar-refractivity contribution is 1.19. The number of rotatable bonds is 8. The monoisotopic (exact) mass is 676 g/mol. The molecule has 0 unspecified atom stereocenters. The highest BCUT2D eigenvalue weighted by Crippen LogP contribution is 2.58. The Bertz CT molecular complexity index is 2070. The van der Waals surface area contributed by atoms with Gasteiger partial charge in [-0.25, -0.2) is 20.2 Å². The van der Waals surface area contributed by atoms with Gasteiger partial charge in [-0.2, -0.15) is 0 Å². The van der Waals surface area contributed by atoms with E-state index in [1.807, 2.05) is 69.6 Å². The molecule has 0 N–H and O–H groups in total. The first-order valence-electron chi connectivity index (χ1n) is 13.5. The number of fused-ring (bicyclic) bond motifs is 1. The van der Waals surface area contributed by atoms with Gasteiger partial charge in [-0.05, 0) is 73.5 Å². The fourth-order valence-corrected chi connectivity index (χ4v) is 12.0. The van der Waals surface area contributed by atoms with E-state index in [2.05, 4.69) is 59.9 Å². The molecule has 0 bridgehead atoms. The van der Waals surface area contributed by atoms with Gasteiger partial charge in [-0.3, -0.25) is 0 Å². The molecule has 0 aromatic carbocycles. The largest absolute Gasteiger partial charge is 0.263 e. The van der Waals surface area contributed by atoms with Gasteiger partial charge in [0.2, 0.25) is 0 Å². The van der Waals surface area contributed by atoms with E-state index in [4.69, 9.17) is 13.1 Å². The zero-order chi connectivity index (χ0) is 30.8. The van der Waals surface area contributed by atoms with Gasteiger partial charge in [0.05, 0.1) is 44.4 Å². The smallest absolute Gasteiger partial charge is 0.227 e. The van der Waals surface area contributed by atoms with Crippen LogP contribution in [0, 0.1) is 35.8 Å². The van der Waals surface area contributed by atoms with Crippen LogP contribution < -0.4 is 0 Å². The number of hydrogen-bond donors (Lipinski definition) is 0. The van der Waals surface area contributed by atoms with Crippen molar-refractivity contribution in [1.82, 2.24) is 0 Å². The van der Waals surface area contributed by atoms with E-state index in [1.165, 1.54) is 49.8 Å². The van der Waals surface area contributed by atoms with Gasteiger partial charge in [0, 0.05) is 50.1 Å². The van der Waals surface area contributed by atoms with Crippen LogP contribution in [-0.4, -0.2) is 0 Å².